The normalized spacial score (nSPS) is 19.6. The first kappa shape index (κ1) is 13.8. The van der Waals surface area contributed by atoms with Crippen LogP contribution in [0.4, 0.5) is 0 Å². The summed E-state index contributed by atoms with van der Waals surface area (Å²) in [7, 11) is 0. The Labute approximate surface area is 126 Å². The Morgan fingerprint density at radius 3 is 2.95 bits per heavy atom. The van der Waals surface area contributed by atoms with Gasteiger partial charge >= 0.3 is 0 Å². The lowest BCUT2D eigenvalue weighted by Crippen LogP contribution is -2.23. The SMILES string of the molecule is CCNC(CC1CCCc2ccccc21)c1cccs1. The molecular weight excluding hydrogens is 262 g/mol. The van der Waals surface area contributed by atoms with Crippen LogP contribution in [0, 0.1) is 0 Å². The molecule has 2 unspecified atom stereocenters. The summed E-state index contributed by atoms with van der Waals surface area (Å²) in [5.74, 6) is 0.714. The van der Waals surface area contributed by atoms with Crippen LogP contribution in [0.3, 0.4) is 0 Å². The lowest BCUT2D eigenvalue weighted by Gasteiger charge is -2.29. The van der Waals surface area contributed by atoms with Gasteiger partial charge in [0.25, 0.3) is 0 Å². The van der Waals surface area contributed by atoms with Crippen LogP contribution < -0.4 is 5.32 Å². The van der Waals surface area contributed by atoms with Gasteiger partial charge in [-0.1, -0.05) is 37.3 Å². The van der Waals surface area contributed by atoms with Gasteiger partial charge in [-0.2, -0.15) is 0 Å². The summed E-state index contributed by atoms with van der Waals surface area (Å²) in [5, 5.41) is 5.86. The molecule has 0 spiro atoms. The van der Waals surface area contributed by atoms with Gasteiger partial charge in [0.15, 0.2) is 0 Å². The Balaban J connectivity index is 1.79. The van der Waals surface area contributed by atoms with Gasteiger partial charge < -0.3 is 5.32 Å². The maximum Gasteiger partial charge on any atom is 0.0420 e. The molecule has 1 aromatic heterocycles. The molecule has 0 amide bonds. The highest BCUT2D eigenvalue weighted by Gasteiger charge is 2.24. The van der Waals surface area contributed by atoms with Crippen LogP contribution in [0.25, 0.3) is 0 Å². The smallest absolute Gasteiger partial charge is 0.0420 e. The third-order valence-electron chi connectivity index (χ3n) is 4.35. The van der Waals surface area contributed by atoms with Crippen molar-refractivity contribution in [1.82, 2.24) is 5.32 Å². The van der Waals surface area contributed by atoms with Crippen molar-refractivity contribution in [3.8, 4) is 0 Å². The summed E-state index contributed by atoms with van der Waals surface area (Å²) in [4.78, 5) is 1.48. The number of nitrogens with one attached hydrogen (secondary N) is 1. The molecule has 1 aliphatic carbocycles. The number of hydrogen-bond donors (Lipinski definition) is 1. The summed E-state index contributed by atoms with van der Waals surface area (Å²) in [6, 6.07) is 14.0. The average Bonchev–Trinajstić information content (AvgIpc) is 3.01. The molecule has 0 bridgehead atoms. The van der Waals surface area contributed by atoms with Crippen LogP contribution >= 0.6 is 11.3 Å². The number of thiophene rings is 1. The summed E-state index contributed by atoms with van der Waals surface area (Å²) in [5.41, 5.74) is 3.17. The van der Waals surface area contributed by atoms with Gasteiger partial charge in [-0.25, -0.2) is 0 Å². The number of benzene rings is 1. The van der Waals surface area contributed by atoms with Crippen molar-refractivity contribution in [2.45, 2.75) is 44.6 Å². The lowest BCUT2D eigenvalue weighted by atomic mass is 9.79. The maximum atomic E-state index is 3.67. The van der Waals surface area contributed by atoms with Crippen molar-refractivity contribution in [2.75, 3.05) is 6.54 Å². The molecule has 2 atom stereocenters. The second kappa shape index (κ2) is 6.55. The van der Waals surface area contributed by atoms with Crippen molar-refractivity contribution >= 4 is 11.3 Å². The summed E-state index contributed by atoms with van der Waals surface area (Å²) in [6.45, 7) is 3.24. The minimum atomic E-state index is 0.510. The Bertz CT molecular complexity index is 532. The summed E-state index contributed by atoms with van der Waals surface area (Å²) in [6.07, 6.45) is 5.16. The molecule has 3 rings (SSSR count). The topological polar surface area (TPSA) is 12.0 Å². The zero-order chi connectivity index (χ0) is 13.8. The average molecular weight is 285 g/mol. The highest BCUT2D eigenvalue weighted by Crippen LogP contribution is 2.38. The van der Waals surface area contributed by atoms with E-state index in [0.29, 0.717) is 12.0 Å². The molecule has 1 aromatic carbocycles. The molecule has 0 fully saturated rings. The van der Waals surface area contributed by atoms with Gasteiger partial charge in [0.2, 0.25) is 0 Å². The predicted octanol–water partition coefficient (Wildman–Crippen LogP) is 4.91. The molecule has 1 heterocycles. The van der Waals surface area contributed by atoms with Gasteiger partial charge in [0.1, 0.15) is 0 Å². The van der Waals surface area contributed by atoms with Gasteiger partial charge in [-0.05, 0) is 60.7 Å². The predicted molar refractivity (Wildman–Crippen MR) is 87.5 cm³/mol. The zero-order valence-corrected chi connectivity index (χ0v) is 13.0. The standard InChI is InChI=1S/C18H23NS/c1-2-19-17(18-11-6-12-20-18)13-15-9-5-8-14-7-3-4-10-16(14)15/h3-4,6-7,10-12,15,17,19H,2,5,8-9,13H2,1H3. The number of rotatable bonds is 5. The van der Waals surface area contributed by atoms with E-state index in [9.17, 15) is 0 Å². The number of hydrogen-bond acceptors (Lipinski definition) is 2. The second-order valence-electron chi connectivity index (χ2n) is 5.65. The van der Waals surface area contributed by atoms with Gasteiger partial charge in [-0.3, -0.25) is 0 Å². The monoisotopic (exact) mass is 285 g/mol. The Morgan fingerprint density at radius 1 is 1.25 bits per heavy atom. The van der Waals surface area contributed by atoms with E-state index in [-0.39, 0.29) is 0 Å². The first-order chi connectivity index (χ1) is 9.88. The minimum Gasteiger partial charge on any atom is -0.310 e. The van der Waals surface area contributed by atoms with Gasteiger partial charge in [0.05, 0.1) is 0 Å². The van der Waals surface area contributed by atoms with Crippen molar-refractivity contribution in [3.05, 3.63) is 57.8 Å². The van der Waals surface area contributed by atoms with Crippen LogP contribution in [0.5, 0.6) is 0 Å². The highest BCUT2D eigenvalue weighted by molar-refractivity contribution is 7.10. The fourth-order valence-corrected chi connectivity index (χ4v) is 4.24. The third kappa shape index (κ3) is 2.97. The Kier molecular flexibility index (Phi) is 4.54. The molecular formula is C18H23NS. The fraction of sp³-hybridized carbons (Fsp3) is 0.444. The number of aryl methyl sites for hydroxylation is 1. The van der Waals surface area contributed by atoms with E-state index in [0.717, 1.165) is 6.54 Å². The van der Waals surface area contributed by atoms with Crippen molar-refractivity contribution in [1.29, 1.82) is 0 Å². The molecule has 0 saturated carbocycles. The van der Waals surface area contributed by atoms with E-state index in [2.05, 4.69) is 54.0 Å². The van der Waals surface area contributed by atoms with Gasteiger partial charge in [0, 0.05) is 10.9 Å². The van der Waals surface area contributed by atoms with E-state index >= 15 is 0 Å². The molecule has 0 radical (unpaired) electrons. The largest absolute Gasteiger partial charge is 0.310 e. The molecule has 1 aliphatic rings. The van der Waals surface area contributed by atoms with Gasteiger partial charge in [-0.15, -0.1) is 11.3 Å². The molecule has 2 aromatic rings. The van der Waals surface area contributed by atoms with Crippen molar-refractivity contribution < 1.29 is 0 Å². The Hall–Kier alpha value is -1.12. The molecule has 2 heteroatoms. The number of fused-ring (bicyclic) bond motifs is 1. The molecule has 0 saturated heterocycles. The van der Waals surface area contributed by atoms with Crippen LogP contribution in [0.1, 0.15) is 54.1 Å². The lowest BCUT2D eigenvalue weighted by molar-refractivity contribution is 0.430. The van der Waals surface area contributed by atoms with E-state index < -0.39 is 0 Å². The van der Waals surface area contributed by atoms with Crippen molar-refractivity contribution in [2.24, 2.45) is 0 Å². The molecule has 1 nitrogen and oxygen atoms in total. The first-order valence-corrected chi connectivity index (χ1v) is 8.61. The van der Waals surface area contributed by atoms with Crippen LogP contribution in [-0.4, -0.2) is 6.54 Å². The molecule has 0 aliphatic heterocycles. The molecule has 106 valence electrons. The van der Waals surface area contributed by atoms with E-state index in [1.54, 1.807) is 11.1 Å². The van der Waals surface area contributed by atoms with E-state index in [4.69, 9.17) is 0 Å². The second-order valence-corrected chi connectivity index (χ2v) is 6.63. The minimum absolute atomic E-state index is 0.510. The van der Waals surface area contributed by atoms with Crippen LogP contribution in [0.2, 0.25) is 0 Å². The Morgan fingerprint density at radius 2 is 2.15 bits per heavy atom. The zero-order valence-electron chi connectivity index (χ0n) is 12.1. The third-order valence-corrected chi connectivity index (χ3v) is 5.34. The van der Waals surface area contributed by atoms with Crippen molar-refractivity contribution in [3.63, 3.8) is 0 Å². The van der Waals surface area contributed by atoms with Crippen LogP contribution in [0.15, 0.2) is 41.8 Å². The fourth-order valence-electron chi connectivity index (χ4n) is 3.42. The van der Waals surface area contributed by atoms with E-state index in [1.165, 1.54) is 30.6 Å². The highest BCUT2D eigenvalue weighted by atomic mass is 32.1. The van der Waals surface area contributed by atoms with Crippen LogP contribution in [-0.2, 0) is 6.42 Å². The molecule has 20 heavy (non-hydrogen) atoms. The first-order valence-electron chi connectivity index (χ1n) is 7.73. The summed E-state index contributed by atoms with van der Waals surface area (Å²) >= 11 is 1.88. The quantitative estimate of drug-likeness (QED) is 0.823. The van der Waals surface area contributed by atoms with E-state index in [1.807, 2.05) is 11.3 Å². The summed E-state index contributed by atoms with van der Waals surface area (Å²) < 4.78 is 0. The maximum absolute atomic E-state index is 3.67. The molecule has 1 N–H and O–H groups in total.